The molecule has 21 heavy (non-hydrogen) atoms. The van der Waals surface area contributed by atoms with Gasteiger partial charge in [0, 0.05) is 5.41 Å². The van der Waals surface area contributed by atoms with E-state index in [1.807, 2.05) is 12.1 Å². The summed E-state index contributed by atoms with van der Waals surface area (Å²) in [4.78, 5) is 0. The summed E-state index contributed by atoms with van der Waals surface area (Å²) in [6.45, 7) is 2.31. The highest BCUT2D eigenvalue weighted by Crippen LogP contribution is 2.59. The molecule has 1 aromatic carbocycles. The number of fused-ring (bicyclic) bond motifs is 5. The van der Waals surface area contributed by atoms with Crippen molar-refractivity contribution in [1.82, 2.24) is 0 Å². The quantitative estimate of drug-likeness (QED) is 0.557. The molecular formula is C18H23NO2. The van der Waals surface area contributed by atoms with Crippen molar-refractivity contribution in [2.24, 2.45) is 22.4 Å². The molecule has 0 amide bonds. The van der Waals surface area contributed by atoms with Crippen LogP contribution in [0.2, 0.25) is 0 Å². The number of aromatic hydroxyl groups is 1. The summed E-state index contributed by atoms with van der Waals surface area (Å²) in [5.74, 6) is 2.39. The van der Waals surface area contributed by atoms with Crippen LogP contribution in [0.25, 0.3) is 0 Å². The van der Waals surface area contributed by atoms with Crippen molar-refractivity contribution in [2.75, 3.05) is 0 Å². The summed E-state index contributed by atoms with van der Waals surface area (Å²) in [6.07, 6.45) is 6.71. The lowest BCUT2D eigenvalue weighted by molar-refractivity contribution is 0.0938. The molecular weight excluding hydrogens is 262 g/mol. The SMILES string of the molecule is C[C@]12CC[C@@H]3c4ccc(O)cc4CC[C@H]3[C@@H]1CC/C2=N/O. The van der Waals surface area contributed by atoms with Crippen LogP contribution in [-0.2, 0) is 6.42 Å². The summed E-state index contributed by atoms with van der Waals surface area (Å²) in [5.41, 5.74) is 3.95. The molecule has 3 nitrogen and oxygen atoms in total. The second-order valence-electron chi connectivity index (χ2n) is 7.34. The maximum absolute atomic E-state index is 9.70. The number of aryl methyl sites for hydroxylation is 1. The van der Waals surface area contributed by atoms with Crippen molar-refractivity contribution in [3.8, 4) is 5.75 Å². The normalized spacial score (nSPS) is 39.7. The van der Waals surface area contributed by atoms with Crippen LogP contribution in [0.15, 0.2) is 23.4 Å². The first kappa shape index (κ1) is 13.2. The molecule has 0 aliphatic heterocycles. The van der Waals surface area contributed by atoms with Gasteiger partial charge in [0.05, 0.1) is 5.71 Å². The summed E-state index contributed by atoms with van der Waals surface area (Å²) < 4.78 is 0. The highest BCUT2D eigenvalue weighted by atomic mass is 16.4. The lowest BCUT2D eigenvalue weighted by atomic mass is 9.55. The Bertz CT molecular complexity index is 609. The zero-order valence-corrected chi connectivity index (χ0v) is 12.5. The third-order valence-corrected chi connectivity index (χ3v) is 6.57. The van der Waals surface area contributed by atoms with E-state index in [2.05, 4.69) is 18.1 Å². The van der Waals surface area contributed by atoms with Gasteiger partial charge >= 0.3 is 0 Å². The van der Waals surface area contributed by atoms with Gasteiger partial charge in [-0.3, -0.25) is 0 Å². The fraction of sp³-hybridized carbons (Fsp3) is 0.611. The Hall–Kier alpha value is -1.51. The average Bonchev–Trinajstić information content (AvgIpc) is 2.83. The molecule has 1 aromatic rings. The lowest BCUT2D eigenvalue weighted by Gasteiger charge is -2.48. The zero-order chi connectivity index (χ0) is 14.6. The second kappa shape index (κ2) is 4.49. The molecule has 0 radical (unpaired) electrons. The van der Waals surface area contributed by atoms with Crippen LogP contribution in [0.4, 0.5) is 0 Å². The van der Waals surface area contributed by atoms with Gasteiger partial charge in [-0.25, -0.2) is 0 Å². The first-order chi connectivity index (χ1) is 10.1. The largest absolute Gasteiger partial charge is 0.508 e. The van der Waals surface area contributed by atoms with Crippen molar-refractivity contribution in [3.05, 3.63) is 29.3 Å². The molecule has 0 bridgehead atoms. The number of nitrogens with zero attached hydrogens (tertiary/aromatic N) is 1. The van der Waals surface area contributed by atoms with Crippen LogP contribution in [0, 0.1) is 17.3 Å². The van der Waals surface area contributed by atoms with Crippen LogP contribution in [0.3, 0.4) is 0 Å². The highest BCUT2D eigenvalue weighted by molar-refractivity contribution is 5.92. The standard InChI is InChI=1S/C18H23NO2/c1-18-9-8-14-13-5-3-12(20)10-11(13)2-4-15(14)16(18)6-7-17(18)19-21/h3,5,10,14-16,20-21H,2,4,6-9H2,1H3/b19-17-/t14-,15-,16+,18+/m1/s1. The van der Waals surface area contributed by atoms with Gasteiger partial charge in [0.1, 0.15) is 5.75 Å². The smallest absolute Gasteiger partial charge is 0.115 e. The summed E-state index contributed by atoms with van der Waals surface area (Å²) >= 11 is 0. The Balaban J connectivity index is 1.72. The summed E-state index contributed by atoms with van der Waals surface area (Å²) in [7, 11) is 0. The van der Waals surface area contributed by atoms with E-state index in [0.717, 1.165) is 25.0 Å². The van der Waals surface area contributed by atoms with E-state index in [4.69, 9.17) is 0 Å². The minimum absolute atomic E-state index is 0.115. The first-order valence-electron chi connectivity index (χ1n) is 8.16. The fourth-order valence-electron chi connectivity index (χ4n) is 5.52. The predicted molar refractivity (Wildman–Crippen MR) is 81.9 cm³/mol. The van der Waals surface area contributed by atoms with Gasteiger partial charge in [0.25, 0.3) is 0 Å². The van der Waals surface area contributed by atoms with Crippen LogP contribution in [-0.4, -0.2) is 16.0 Å². The number of hydrogen-bond acceptors (Lipinski definition) is 3. The number of rotatable bonds is 0. The summed E-state index contributed by atoms with van der Waals surface area (Å²) in [6, 6.07) is 5.93. The molecule has 0 spiro atoms. The molecule has 3 aliphatic carbocycles. The van der Waals surface area contributed by atoms with Gasteiger partial charge in [-0.05, 0) is 79.5 Å². The van der Waals surface area contributed by atoms with Gasteiger partial charge < -0.3 is 10.3 Å². The Kier molecular flexibility index (Phi) is 2.82. The van der Waals surface area contributed by atoms with Crippen LogP contribution < -0.4 is 0 Å². The monoisotopic (exact) mass is 285 g/mol. The third-order valence-electron chi connectivity index (χ3n) is 6.57. The van der Waals surface area contributed by atoms with Crippen LogP contribution in [0.1, 0.15) is 56.1 Å². The molecule has 3 heteroatoms. The Morgan fingerprint density at radius 2 is 2.05 bits per heavy atom. The van der Waals surface area contributed by atoms with Crippen LogP contribution >= 0.6 is 0 Å². The fourth-order valence-corrected chi connectivity index (χ4v) is 5.52. The molecule has 112 valence electrons. The van der Waals surface area contributed by atoms with E-state index in [-0.39, 0.29) is 5.41 Å². The average molecular weight is 285 g/mol. The molecule has 2 N–H and O–H groups in total. The number of phenols is 1. The van der Waals surface area contributed by atoms with Gasteiger partial charge in [0.15, 0.2) is 0 Å². The number of phenolic OH excluding ortho intramolecular Hbond substituents is 1. The van der Waals surface area contributed by atoms with Crippen LogP contribution in [0.5, 0.6) is 5.75 Å². The molecule has 4 rings (SSSR count). The number of benzene rings is 1. The molecule has 0 unspecified atom stereocenters. The second-order valence-corrected chi connectivity index (χ2v) is 7.34. The zero-order valence-electron chi connectivity index (χ0n) is 12.5. The van der Waals surface area contributed by atoms with Crippen molar-refractivity contribution >= 4 is 5.71 Å². The van der Waals surface area contributed by atoms with Gasteiger partial charge in [-0.1, -0.05) is 18.1 Å². The molecule has 0 saturated heterocycles. The van der Waals surface area contributed by atoms with Gasteiger partial charge in [0.2, 0.25) is 0 Å². The van der Waals surface area contributed by atoms with E-state index >= 15 is 0 Å². The lowest BCUT2D eigenvalue weighted by Crippen LogP contribution is -2.42. The molecule has 0 aromatic heterocycles. The Morgan fingerprint density at radius 1 is 1.19 bits per heavy atom. The minimum atomic E-state index is 0.115. The molecule has 0 heterocycles. The van der Waals surface area contributed by atoms with Crippen molar-refractivity contribution < 1.29 is 10.3 Å². The minimum Gasteiger partial charge on any atom is -0.508 e. The van der Waals surface area contributed by atoms with Crippen molar-refractivity contribution in [1.29, 1.82) is 0 Å². The summed E-state index contributed by atoms with van der Waals surface area (Å²) in [5, 5.41) is 22.6. The van der Waals surface area contributed by atoms with E-state index in [1.54, 1.807) is 0 Å². The van der Waals surface area contributed by atoms with Crippen molar-refractivity contribution in [2.45, 2.75) is 51.4 Å². The van der Waals surface area contributed by atoms with Gasteiger partial charge in [-0.2, -0.15) is 0 Å². The van der Waals surface area contributed by atoms with E-state index in [1.165, 1.54) is 30.4 Å². The van der Waals surface area contributed by atoms with E-state index in [0.29, 0.717) is 23.5 Å². The number of oxime groups is 1. The molecule has 2 saturated carbocycles. The first-order valence-corrected chi connectivity index (χ1v) is 8.16. The third kappa shape index (κ3) is 1.76. The topological polar surface area (TPSA) is 52.8 Å². The van der Waals surface area contributed by atoms with Gasteiger partial charge in [-0.15, -0.1) is 0 Å². The number of hydrogen-bond donors (Lipinski definition) is 2. The van der Waals surface area contributed by atoms with E-state index < -0.39 is 0 Å². The molecule has 2 fully saturated rings. The highest BCUT2D eigenvalue weighted by Gasteiger charge is 2.53. The maximum Gasteiger partial charge on any atom is 0.115 e. The molecule has 4 atom stereocenters. The van der Waals surface area contributed by atoms with Crippen molar-refractivity contribution in [3.63, 3.8) is 0 Å². The Morgan fingerprint density at radius 3 is 2.86 bits per heavy atom. The maximum atomic E-state index is 9.70. The molecule has 3 aliphatic rings. The van der Waals surface area contributed by atoms with E-state index in [9.17, 15) is 10.3 Å². The predicted octanol–water partition coefficient (Wildman–Crippen LogP) is 4.08. The Labute approximate surface area is 125 Å².